The second-order valence-corrected chi connectivity index (χ2v) is 9.60. The lowest BCUT2D eigenvalue weighted by Gasteiger charge is -2.26. The van der Waals surface area contributed by atoms with Crippen LogP contribution in [0.5, 0.6) is 11.5 Å². The minimum absolute atomic E-state index is 0.0482. The fraction of sp³-hybridized carbons (Fsp3) is 0.258. The quantitative estimate of drug-likeness (QED) is 0.179. The highest BCUT2D eigenvalue weighted by molar-refractivity contribution is 6.51. The normalized spacial score (nSPS) is 16.4. The summed E-state index contributed by atoms with van der Waals surface area (Å²) in [5, 5.41) is 11.4. The molecule has 1 fully saturated rings. The number of aliphatic hydroxyl groups is 1. The Labute approximate surface area is 227 Å². The van der Waals surface area contributed by atoms with Gasteiger partial charge >= 0.3 is 5.97 Å². The first-order valence-electron chi connectivity index (χ1n) is 12.6. The van der Waals surface area contributed by atoms with Crippen LogP contribution in [0, 0.1) is 5.92 Å². The summed E-state index contributed by atoms with van der Waals surface area (Å²) < 4.78 is 15.9. The van der Waals surface area contributed by atoms with Gasteiger partial charge in [-0.15, -0.1) is 0 Å². The predicted molar refractivity (Wildman–Crippen MR) is 147 cm³/mol. The first-order valence-corrected chi connectivity index (χ1v) is 12.6. The summed E-state index contributed by atoms with van der Waals surface area (Å²) in [7, 11) is 2.84. The van der Waals surface area contributed by atoms with Crippen molar-refractivity contribution in [2.24, 2.45) is 5.92 Å². The molecule has 0 radical (unpaired) electrons. The van der Waals surface area contributed by atoms with Gasteiger partial charge < -0.3 is 19.3 Å². The maximum Gasteiger partial charge on any atom is 0.309 e. The van der Waals surface area contributed by atoms with Crippen molar-refractivity contribution < 1.29 is 33.7 Å². The standard InChI is InChI=1S/C31H31NO7/c1-19(2)18-39-25-10-6-8-22(17-25)29(34)27-28(21-7-5-9-24(16-21)37-3)32(31(36)30(27)35)23-13-11-20(12-14-23)15-26(33)38-4/h5-14,16-17,19,28,34H,15,18H2,1-4H3/b29-27-. The minimum Gasteiger partial charge on any atom is -0.507 e. The molecular formula is C31H31NO7. The molecule has 1 aliphatic heterocycles. The molecule has 0 spiro atoms. The molecule has 1 aliphatic rings. The van der Waals surface area contributed by atoms with Gasteiger partial charge in [-0.25, -0.2) is 0 Å². The summed E-state index contributed by atoms with van der Waals surface area (Å²) in [5.41, 5.74) is 2.02. The Balaban J connectivity index is 1.82. The molecule has 3 aromatic rings. The van der Waals surface area contributed by atoms with Gasteiger partial charge in [-0.3, -0.25) is 19.3 Å². The average Bonchev–Trinajstić information content (AvgIpc) is 3.22. The molecule has 0 saturated carbocycles. The van der Waals surface area contributed by atoms with Crippen LogP contribution in [0.25, 0.3) is 5.76 Å². The number of rotatable bonds is 9. The summed E-state index contributed by atoms with van der Waals surface area (Å²) in [6.07, 6.45) is 0.0735. The molecule has 4 rings (SSSR count). The lowest BCUT2D eigenvalue weighted by atomic mass is 9.95. The van der Waals surface area contributed by atoms with Gasteiger partial charge in [0.15, 0.2) is 0 Å². The second-order valence-electron chi connectivity index (χ2n) is 9.60. The van der Waals surface area contributed by atoms with Crippen LogP contribution in [-0.2, 0) is 25.5 Å². The van der Waals surface area contributed by atoms with Gasteiger partial charge in [-0.05, 0) is 53.4 Å². The van der Waals surface area contributed by atoms with E-state index in [1.807, 2.05) is 13.8 Å². The number of hydrogen-bond acceptors (Lipinski definition) is 7. The van der Waals surface area contributed by atoms with Crippen LogP contribution in [0.15, 0.2) is 78.4 Å². The van der Waals surface area contributed by atoms with E-state index in [-0.39, 0.29) is 23.7 Å². The van der Waals surface area contributed by atoms with E-state index in [0.29, 0.717) is 46.4 Å². The number of esters is 1. The average molecular weight is 530 g/mol. The molecule has 0 aromatic heterocycles. The molecule has 0 bridgehead atoms. The second kappa shape index (κ2) is 11.9. The molecule has 1 saturated heterocycles. The number of methoxy groups -OCH3 is 2. The Hall–Kier alpha value is -4.59. The van der Waals surface area contributed by atoms with Crippen LogP contribution in [0.3, 0.4) is 0 Å². The summed E-state index contributed by atoms with van der Waals surface area (Å²) >= 11 is 0. The zero-order chi connectivity index (χ0) is 28.1. The van der Waals surface area contributed by atoms with Crippen molar-refractivity contribution in [1.29, 1.82) is 0 Å². The van der Waals surface area contributed by atoms with Gasteiger partial charge in [-0.2, -0.15) is 0 Å². The summed E-state index contributed by atoms with van der Waals surface area (Å²) in [5.74, 6) is -0.902. The Bertz CT molecular complexity index is 1410. The van der Waals surface area contributed by atoms with Crippen LogP contribution < -0.4 is 14.4 Å². The zero-order valence-electron chi connectivity index (χ0n) is 22.3. The number of carbonyl (C=O) groups is 3. The van der Waals surface area contributed by atoms with Gasteiger partial charge in [0.2, 0.25) is 0 Å². The number of Topliss-reactive ketones (excluding diaryl/α,β-unsaturated/α-hetero) is 1. The van der Waals surface area contributed by atoms with E-state index in [0.717, 1.165) is 0 Å². The maximum atomic E-state index is 13.5. The van der Waals surface area contributed by atoms with Gasteiger partial charge in [-0.1, -0.05) is 50.2 Å². The predicted octanol–water partition coefficient (Wildman–Crippen LogP) is 5.07. The maximum absolute atomic E-state index is 13.5. The molecule has 202 valence electrons. The molecule has 8 nitrogen and oxygen atoms in total. The van der Waals surface area contributed by atoms with Crippen molar-refractivity contribution in [3.05, 3.63) is 95.1 Å². The van der Waals surface area contributed by atoms with E-state index in [1.54, 1.807) is 72.8 Å². The van der Waals surface area contributed by atoms with Crippen molar-refractivity contribution >= 4 is 29.1 Å². The summed E-state index contributed by atoms with van der Waals surface area (Å²) in [4.78, 5) is 39.9. The number of carbonyl (C=O) groups excluding carboxylic acids is 3. The smallest absolute Gasteiger partial charge is 0.309 e. The number of ether oxygens (including phenoxy) is 3. The highest BCUT2D eigenvalue weighted by Crippen LogP contribution is 2.43. The van der Waals surface area contributed by atoms with Crippen LogP contribution in [0.2, 0.25) is 0 Å². The third kappa shape index (κ3) is 5.95. The van der Waals surface area contributed by atoms with Gasteiger partial charge in [0.1, 0.15) is 17.3 Å². The number of aliphatic hydroxyl groups excluding tert-OH is 1. The molecule has 8 heteroatoms. The Morgan fingerprint density at radius 3 is 2.31 bits per heavy atom. The Morgan fingerprint density at radius 2 is 1.64 bits per heavy atom. The largest absolute Gasteiger partial charge is 0.507 e. The monoisotopic (exact) mass is 529 g/mol. The molecule has 39 heavy (non-hydrogen) atoms. The topological polar surface area (TPSA) is 102 Å². The number of ketones is 1. The lowest BCUT2D eigenvalue weighted by molar-refractivity contribution is -0.139. The van der Waals surface area contributed by atoms with E-state index in [9.17, 15) is 19.5 Å². The SMILES string of the molecule is COC(=O)Cc1ccc(N2C(=O)C(=O)/C(=C(\O)c3cccc(OCC(C)C)c3)C2c2cccc(OC)c2)cc1. The molecule has 1 N–H and O–H groups in total. The van der Waals surface area contributed by atoms with E-state index < -0.39 is 17.7 Å². The number of benzene rings is 3. The van der Waals surface area contributed by atoms with Crippen LogP contribution in [-0.4, -0.2) is 43.6 Å². The van der Waals surface area contributed by atoms with Crippen molar-refractivity contribution in [3.63, 3.8) is 0 Å². The highest BCUT2D eigenvalue weighted by Gasteiger charge is 2.47. The van der Waals surface area contributed by atoms with Crippen molar-refractivity contribution in [2.45, 2.75) is 26.3 Å². The lowest BCUT2D eigenvalue weighted by Crippen LogP contribution is -2.29. The van der Waals surface area contributed by atoms with E-state index in [4.69, 9.17) is 14.2 Å². The van der Waals surface area contributed by atoms with Crippen LogP contribution in [0.1, 0.15) is 36.6 Å². The summed E-state index contributed by atoms with van der Waals surface area (Å²) in [6, 6.07) is 19.6. The number of nitrogens with zero attached hydrogens (tertiary/aromatic N) is 1. The first kappa shape index (κ1) is 27.4. The van der Waals surface area contributed by atoms with Crippen LogP contribution in [0.4, 0.5) is 5.69 Å². The minimum atomic E-state index is -0.924. The van der Waals surface area contributed by atoms with Gasteiger partial charge in [0.05, 0.1) is 38.9 Å². The van der Waals surface area contributed by atoms with Crippen molar-refractivity contribution in [3.8, 4) is 11.5 Å². The first-order chi connectivity index (χ1) is 18.7. The molecule has 0 aliphatic carbocycles. The Kier molecular flexibility index (Phi) is 8.34. The Morgan fingerprint density at radius 1 is 0.949 bits per heavy atom. The van der Waals surface area contributed by atoms with E-state index in [2.05, 4.69) is 0 Å². The third-order valence-electron chi connectivity index (χ3n) is 6.34. The van der Waals surface area contributed by atoms with E-state index in [1.165, 1.54) is 19.1 Å². The third-order valence-corrected chi connectivity index (χ3v) is 6.34. The fourth-order valence-electron chi connectivity index (χ4n) is 4.39. The van der Waals surface area contributed by atoms with Gasteiger partial charge in [0.25, 0.3) is 11.7 Å². The molecule has 1 heterocycles. The molecule has 1 unspecified atom stereocenters. The molecule has 3 aromatic carbocycles. The summed E-state index contributed by atoms with van der Waals surface area (Å²) in [6.45, 7) is 4.55. The molecule has 1 amide bonds. The number of amides is 1. The van der Waals surface area contributed by atoms with Crippen molar-refractivity contribution in [2.75, 3.05) is 25.7 Å². The fourth-order valence-corrected chi connectivity index (χ4v) is 4.39. The zero-order valence-corrected chi connectivity index (χ0v) is 22.3. The number of hydrogen-bond donors (Lipinski definition) is 1. The van der Waals surface area contributed by atoms with E-state index >= 15 is 0 Å². The number of anilines is 1. The van der Waals surface area contributed by atoms with Crippen LogP contribution >= 0.6 is 0 Å². The highest BCUT2D eigenvalue weighted by atomic mass is 16.5. The molecular weight excluding hydrogens is 498 g/mol. The molecule has 1 atom stereocenters. The van der Waals surface area contributed by atoms with Gasteiger partial charge in [0, 0.05) is 11.3 Å². The van der Waals surface area contributed by atoms with Crippen molar-refractivity contribution in [1.82, 2.24) is 0 Å².